The molecule has 0 fully saturated rings. The number of amides is 1. The molecular weight excluding hydrogens is 556 g/mol. The Morgan fingerprint density at radius 3 is 2.34 bits per heavy atom. The van der Waals surface area contributed by atoms with E-state index in [0.29, 0.717) is 23.1 Å². The van der Waals surface area contributed by atoms with Crippen LogP contribution in [0.25, 0.3) is 11.4 Å². The zero-order chi connectivity index (χ0) is 25.5. The number of carbonyl (C=O) groups is 3. The monoisotopic (exact) mass is 580 g/mol. The van der Waals surface area contributed by atoms with Crippen LogP contribution in [-0.2, 0) is 20.8 Å². The van der Waals surface area contributed by atoms with Crippen LogP contribution in [-0.4, -0.2) is 51.6 Å². The van der Waals surface area contributed by atoms with Gasteiger partial charge in [-0.25, -0.2) is 9.59 Å². The Morgan fingerprint density at radius 2 is 1.71 bits per heavy atom. The molecule has 0 unspecified atom stereocenters. The quantitative estimate of drug-likeness (QED) is 0.258. The maximum atomic E-state index is 12.8. The third-order valence-electron chi connectivity index (χ3n) is 4.81. The minimum absolute atomic E-state index is 0.0342. The van der Waals surface area contributed by atoms with Crippen molar-refractivity contribution >= 4 is 61.9 Å². The number of ether oxygens (including phenoxy) is 2. The second kappa shape index (κ2) is 12.3. The Kier molecular flexibility index (Phi) is 9.47. The van der Waals surface area contributed by atoms with Crippen molar-refractivity contribution in [1.82, 2.24) is 14.8 Å². The third kappa shape index (κ3) is 6.30. The van der Waals surface area contributed by atoms with Crippen LogP contribution in [0.2, 0.25) is 0 Å². The van der Waals surface area contributed by atoms with E-state index in [1.165, 1.54) is 11.8 Å². The highest BCUT2D eigenvalue weighted by Gasteiger charge is 2.27. The largest absolute Gasteiger partial charge is 0.462 e. The molecule has 0 saturated carbocycles. The SMILES string of the molecule is CCOC(=O)c1sc(NC(=O)CSc2nnc(-c3ccc(Br)cc3)n2CC)c(C(=O)OCC)c1C. The average molecular weight is 582 g/mol. The topological polar surface area (TPSA) is 112 Å². The van der Waals surface area contributed by atoms with E-state index in [1.807, 2.05) is 35.8 Å². The van der Waals surface area contributed by atoms with Gasteiger partial charge in [-0.15, -0.1) is 21.5 Å². The number of halogens is 1. The highest BCUT2D eigenvalue weighted by atomic mass is 79.9. The van der Waals surface area contributed by atoms with Crippen LogP contribution in [0.1, 0.15) is 46.4 Å². The van der Waals surface area contributed by atoms with Gasteiger partial charge >= 0.3 is 11.9 Å². The van der Waals surface area contributed by atoms with Crippen LogP contribution in [0.5, 0.6) is 0 Å². The first-order valence-corrected chi connectivity index (χ1v) is 13.5. The lowest BCUT2D eigenvalue weighted by Gasteiger charge is -2.08. The first kappa shape index (κ1) is 26.9. The number of carbonyl (C=O) groups excluding carboxylic acids is 3. The number of thiophene rings is 1. The summed E-state index contributed by atoms with van der Waals surface area (Å²) in [5.74, 6) is -0.767. The molecule has 0 aliphatic carbocycles. The Morgan fingerprint density at radius 1 is 1.06 bits per heavy atom. The van der Waals surface area contributed by atoms with Crippen molar-refractivity contribution in [2.24, 2.45) is 0 Å². The predicted octanol–water partition coefficient (Wildman–Crippen LogP) is 5.18. The summed E-state index contributed by atoms with van der Waals surface area (Å²) in [5.41, 5.74) is 1.49. The van der Waals surface area contributed by atoms with Crippen molar-refractivity contribution in [3.8, 4) is 11.4 Å². The van der Waals surface area contributed by atoms with Gasteiger partial charge in [0, 0.05) is 16.6 Å². The molecule has 0 bridgehead atoms. The van der Waals surface area contributed by atoms with Gasteiger partial charge in [0.1, 0.15) is 9.88 Å². The summed E-state index contributed by atoms with van der Waals surface area (Å²) in [6.45, 7) is 7.99. The smallest absolute Gasteiger partial charge is 0.348 e. The molecule has 3 aromatic rings. The van der Waals surface area contributed by atoms with E-state index in [1.54, 1.807) is 20.8 Å². The van der Waals surface area contributed by atoms with E-state index < -0.39 is 11.9 Å². The van der Waals surface area contributed by atoms with Crippen molar-refractivity contribution < 1.29 is 23.9 Å². The van der Waals surface area contributed by atoms with Gasteiger partial charge in [0.2, 0.25) is 5.91 Å². The Labute approximate surface area is 219 Å². The zero-order valence-electron chi connectivity index (χ0n) is 19.7. The van der Waals surface area contributed by atoms with Gasteiger partial charge in [0.05, 0.1) is 24.5 Å². The minimum atomic E-state index is -0.607. The first-order valence-electron chi connectivity index (χ1n) is 10.9. The number of nitrogens with zero attached hydrogens (tertiary/aromatic N) is 3. The first-order chi connectivity index (χ1) is 16.8. The number of benzene rings is 1. The predicted molar refractivity (Wildman–Crippen MR) is 139 cm³/mol. The summed E-state index contributed by atoms with van der Waals surface area (Å²) in [6, 6.07) is 7.75. The molecule has 0 spiro atoms. The number of aromatic nitrogens is 3. The van der Waals surface area contributed by atoms with Crippen molar-refractivity contribution in [3.63, 3.8) is 0 Å². The second-order valence-electron chi connectivity index (χ2n) is 7.10. The van der Waals surface area contributed by atoms with E-state index in [-0.39, 0.29) is 40.3 Å². The van der Waals surface area contributed by atoms with E-state index in [2.05, 4.69) is 31.4 Å². The van der Waals surface area contributed by atoms with Crippen molar-refractivity contribution in [3.05, 3.63) is 44.7 Å². The molecule has 0 aliphatic heterocycles. The summed E-state index contributed by atoms with van der Waals surface area (Å²) in [6.07, 6.45) is 0. The minimum Gasteiger partial charge on any atom is -0.462 e. The van der Waals surface area contributed by atoms with Gasteiger partial charge < -0.3 is 19.4 Å². The standard InChI is InChI=1S/C23H25BrN4O5S2/c1-5-28-19(14-8-10-15(24)11-9-14)26-27-23(28)34-12-16(29)25-20-17(21(30)32-6-2)13(4)18(35-20)22(31)33-7-3/h8-11H,5-7,12H2,1-4H3,(H,25,29). The highest BCUT2D eigenvalue weighted by Crippen LogP contribution is 2.34. The molecule has 0 radical (unpaired) electrons. The van der Waals surface area contributed by atoms with Gasteiger partial charge in [-0.05, 0) is 45.4 Å². The molecule has 9 nitrogen and oxygen atoms in total. The average Bonchev–Trinajstić information content (AvgIpc) is 3.39. The molecule has 12 heteroatoms. The van der Waals surface area contributed by atoms with Gasteiger partial charge in [-0.1, -0.05) is 39.8 Å². The molecule has 0 saturated heterocycles. The van der Waals surface area contributed by atoms with E-state index >= 15 is 0 Å². The number of rotatable bonds is 10. The van der Waals surface area contributed by atoms with E-state index in [9.17, 15) is 14.4 Å². The molecule has 2 aromatic heterocycles. The van der Waals surface area contributed by atoms with Gasteiger partial charge in [0.25, 0.3) is 0 Å². The molecule has 35 heavy (non-hydrogen) atoms. The lowest BCUT2D eigenvalue weighted by atomic mass is 10.1. The van der Waals surface area contributed by atoms with E-state index in [4.69, 9.17) is 9.47 Å². The summed E-state index contributed by atoms with van der Waals surface area (Å²) in [5, 5.41) is 12.1. The molecule has 2 heterocycles. The molecule has 1 aromatic carbocycles. The molecule has 0 atom stereocenters. The van der Waals surface area contributed by atoms with Crippen molar-refractivity contribution in [1.29, 1.82) is 0 Å². The Bertz CT molecular complexity index is 1220. The Balaban J connectivity index is 1.77. The van der Waals surface area contributed by atoms with Crippen molar-refractivity contribution in [2.75, 3.05) is 24.3 Å². The fourth-order valence-electron chi connectivity index (χ4n) is 3.23. The summed E-state index contributed by atoms with van der Waals surface area (Å²) in [4.78, 5) is 37.9. The number of anilines is 1. The molecule has 186 valence electrons. The van der Waals surface area contributed by atoms with Crippen LogP contribution in [0.4, 0.5) is 5.00 Å². The zero-order valence-corrected chi connectivity index (χ0v) is 22.9. The van der Waals surface area contributed by atoms with Gasteiger partial charge in [-0.3, -0.25) is 4.79 Å². The molecule has 3 rings (SSSR count). The maximum Gasteiger partial charge on any atom is 0.348 e. The summed E-state index contributed by atoms with van der Waals surface area (Å²) in [7, 11) is 0. The highest BCUT2D eigenvalue weighted by molar-refractivity contribution is 9.10. The molecule has 0 aliphatic rings. The Hall–Kier alpha value is -2.70. The normalized spacial score (nSPS) is 10.8. The van der Waals surface area contributed by atoms with Crippen LogP contribution < -0.4 is 5.32 Å². The summed E-state index contributed by atoms with van der Waals surface area (Å²) >= 11 is 5.65. The second-order valence-corrected chi connectivity index (χ2v) is 9.97. The molecule has 1 N–H and O–H groups in total. The number of hydrogen-bond acceptors (Lipinski definition) is 9. The third-order valence-corrected chi connectivity index (χ3v) is 7.49. The summed E-state index contributed by atoms with van der Waals surface area (Å²) < 4.78 is 13.1. The van der Waals surface area contributed by atoms with Crippen LogP contribution in [0.15, 0.2) is 33.9 Å². The van der Waals surface area contributed by atoms with E-state index in [0.717, 1.165) is 21.4 Å². The fourth-order valence-corrected chi connectivity index (χ4v) is 5.40. The van der Waals surface area contributed by atoms with Crippen LogP contribution in [0, 0.1) is 6.92 Å². The number of esters is 2. The van der Waals surface area contributed by atoms with Crippen LogP contribution in [0.3, 0.4) is 0 Å². The lowest BCUT2D eigenvalue weighted by Crippen LogP contribution is -2.17. The fraction of sp³-hybridized carbons (Fsp3) is 0.348. The van der Waals surface area contributed by atoms with Crippen molar-refractivity contribution in [2.45, 2.75) is 39.4 Å². The molecular formula is C23H25BrN4O5S2. The van der Waals surface area contributed by atoms with Gasteiger partial charge in [-0.2, -0.15) is 0 Å². The van der Waals surface area contributed by atoms with Gasteiger partial charge in [0.15, 0.2) is 11.0 Å². The number of thioether (sulfide) groups is 1. The number of hydrogen-bond donors (Lipinski definition) is 1. The lowest BCUT2D eigenvalue weighted by molar-refractivity contribution is -0.113. The molecule has 1 amide bonds. The van der Waals surface area contributed by atoms with Crippen LogP contribution >= 0.6 is 39.0 Å². The number of nitrogens with one attached hydrogen (secondary N) is 1. The maximum absolute atomic E-state index is 12.8.